The van der Waals surface area contributed by atoms with Gasteiger partial charge in [-0.15, -0.1) is 0 Å². The summed E-state index contributed by atoms with van der Waals surface area (Å²) in [5.74, 6) is 1.38. The summed E-state index contributed by atoms with van der Waals surface area (Å²) in [6.45, 7) is 0.384. The second-order valence-corrected chi connectivity index (χ2v) is 9.19. The molecule has 2 bridgehead atoms. The molecule has 0 aromatic heterocycles. The first-order valence-electron chi connectivity index (χ1n) is 10.7. The molecule has 1 aromatic carbocycles. The Labute approximate surface area is 176 Å². The monoisotopic (exact) mass is 449 g/mol. The number of aliphatic hydroxyl groups is 1. The number of amides is 1. The van der Waals surface area contributed by atoms with Gasteiger partial charge in [0.25, 0.3) is 5.60 Å². The van der Waals surface area contributed by atoms with Crippen LogP contribution in [0.3, 0.4) is 0 Å². The van der Waals surface area contributed by atoms with Crippen molar-refractivity contribution in [2.45, 2.75) is 69.3 Å². The van der Waals surface area contributed by atoms with E-state index >= 15 is 0 Å². The second kappa shape index (κ2) is 7.67. The fourth-order valence-electron chi connectivity index (χ4n) is 5.69. The molecule has 1 unspecified atom stereocenters. The van der Waals surface area contributed by atoms with E-state index in [0.29, 0.717) is 55.3 Å². The molecular formula is C22H25F6NO2. The maximum absolute atomic E-state index is 13.3. The number of carbonyl (C=O) groups is 1. The molecule has 1 aliphatic heterocycles. The van der Waals surface area contributed by atoms with E-state index in [1.165, 1.54) is 11.3 Å². The van der Waals surface area contributed by atoms with Crippen molar-refractivity contribution >= 4 is 11.6 Å². The lowest BCUT2D eigenvalue weighted by Crippen LogP contribution is -2.54. The van der Waals surface area contributed by atoms with E-state index in [9.17, 15) is 36.2 Å². The van der Waals surface area contributed by atoms with E-state index in [1.54, 1.807) is 0 Å². The third-order valence-electron chi connectivity index (χ3n) is 7.31. The lowest BCUT2D eigenvalue weighted by molar-refractivity contribution is -0.376. The molecule has 0 radical (unpaired) electrons. The summed E-state index contributed by atoms with van der Waals surface area (Å²) >= 11 is 0. The largest absolute Gasteiger partial charge is 0.430 e. The van der Waals surface area contributed by atoms with Crippen LogP contribution in [0.1, 0.15) is 56.1 Å². The molecule has 3 nitrogen and oxygen atoms in total. The van der Waals surface area contributed by atoms with Crippen molar-refractivity contribution in [3.63, 3.8) is 0 Å². The lowest BCUT2D eigenvalue weighted by Gasteiger charge is -2.33. The molecule has 2 fully saturated rings. The van der Waals surface area contributed by atoms with Gasteiger partial charge >= 0.3 is 12.4 Å². The minimum Gasteiger partial charge on any atom is -0.369 e. The van der Waals surface area contributed by atoms with Gasteiger partial charge in [-0.25, -0.2) is 0 Å². The van der Waals surface area contributed by atoms with Crippen LogP contribution < -0.4 is 4.90 Å². The van der Waals surface area contributed by atoms with Crippen LogP contribution in [0.2, 0.25) is 0 Å². The van der Waals surface area contributed by atoms with Gasteiger partial charge in [0.2, 0.25) is 5.91 Å². The van der Waals surface area contributed by atoms with Crippen molar-refractivity contribution < 1.29 is 36.2 Å². The van der Waals surface area contributed by atoms with Crippen LogP contribution in [0, 0.1) is 17.8 Å². The maximum Gasteiger partial charge on any atom is 0.430 e. The number of benzene rings is 1. The quantitative estimate of drug-likeness (QED) is 0.620. The second-order valence-electron chi connectivity index (χ2n) is 9.19. The molecule has 1 heterocycles. The Kier molecular flexibility index (Phi) is 5.55. The zero-order chi connectivity index (χ0) is 22.6. The third kappa shape index (κ3) is 3.83. The third-order valence-corrected chi connectivity index (χ3v) is 7.31. The van der Waals surface area contributed by atoms with Gasteiger partial charge in [0.1, 0.15) is 0 Å². The highest BCUT2D eigenvalue weighted by molar-refractivity contribution is 5.94. The molecule has 0 spiro atoms. The minimum absolute atomic E-state index is 0.129. The number of carbonyl (C=O) groups excluding carboxylic acids is 1. The number of hydrogen-bond acceptors (Lipinski definition) is 2. The maximum atomic E-state index is 13.3. The molecule has 2 saturated carbocycles. The first kappa shape index (κ1) is 22.4. The lowest BCUT2D eigenvalue weighted by atomic mass is 9.86. The predicted octanol–water partition coefficient (Wildman–Crippen LogP) is 5.49. The smallest absolute Gasteiger partial charge is 0.369 e. The van der Waals surface area contributed by atoms with E-state index in [4.69, 9.17) is 0 Å². The Morgan fingerprint density at radius 3 is 2.32 bits per heavy atom. The minimum atomic E-state index is -5.93. The van der Waals surface area contributed by atoms with Gasteiger partial charge in [-0.05, 0) is 67.9 Å². The number of halogens is 6. The van der Waals surface area contributed by atoms with Crippen molar-refractivity contribution in [1.82, 2.24) is 0 Å². The van der Waals surface area contributed by atoms with Gasteiger partial charge in [0, 0.05) is 24.2 Å². The Hall–Kier alpha value is -1.77. The average Bonchev–Trinajstić information content (AvgIpc) is 3.22. The Bertz CT molecular complexity index is 835. The summed E-state index contributed by atoms with van der Waals surface area (Å²) in [5, 5.41) is 9.72. The zero-order valence-corrected chi connectivity index (χ0v) is 16.9. The summed E-state index contributed by atoms with van der Waals surface area (Å²) in [6.07, 6.45) is -5.64. The van der Waals surface area contributed by atoms with E-state index in [-0.39, 0.29) is 17.9 Å². The number of rotatable bonds is 3. The van der Waals surface area contributed by atoms with Crippen LogP contribution in [-0.4, -0.2) is 29.9 Å². The summed E-state index contributed by atoms with van der Waals surface area (Å²) in [7, 11) is 0. The number of nitrogens with zero attached hydrogens (tertiary/aromatic N) is 1. The van der Waals surface area contributed by atoms with E-state index in [1.807, 2.05) is 0 Å². The van der Waals surface area contributed by atoms with Gasteiger partial charge in [-0.3, -0.25) is 4.79 Å². The Morgan fingerprint density at radius 2 is 1.74 bits per heavy atom. The predicted molar refractivity (Wildman–Crippen MR) is 101 cm³/mol. The van der Waals surface area contributed by atoms with E-state index < -0.39 is 23.5 Å². The summed E-state index contributed by atoms with van der Waals surface area (Å²) in [5.41, 5.74) is -5.66. The van der Waals surface area contributed by atoms with Crippen molar-refractivity contribution in [2.24, 2.45) is 17.8 Å². The number of hydrogen-bond donors (Lipinski definition) is 1. The average molecular weight is 449 g/mol. The molecule has 1 amide bonds. The molecule has 172 valence electrons. The van der Waals surface area contributed by atoms with Gasteiger partial charge in [0.05, 0.1) is 0 Å². The van der Waals surface area contributed by atoms with Crippen LogP contribution in [0.15, 0.2) is 18.2 Å². The molecule has 2 aliphatic carbocycles. The molecule has 1 N–H and O–H groups in total. The highest BCUT2D eigenvalue weighted by Crippen LogP contribution is 2.51. The van der Waals surface area contributed by atoms with Gasteiger partial charge in [-0.2, -0.15) is 26.3 Å². The van der Waals surface area contributed by atoms with Crippen molar-refractivity contribution in [3.8, 4) is 0 Å². The van der Waals surface area contributed by atoms with Gasteiger partial charge < -0.3 is 10.0 Å². The summed E-state index contributed by atoms with van der Waals surface area (Å²) < 4.78 is 79.6. The van der Waals surface area contributed by atoms with E-state index in [2.05, 4.69) is 0 Å². The SMILES string of the molecule is O=C(C[C@H]1C[C@H]2CCC1C2)N1CCCCc2cc(C(O)(C(F)(F)F)C(F)(F)F)ccc21. The number of anilines is 1. The van der Waals surface area contributed by atoms with Crippen LogP contribution >= 0.6 is 0 Å². The molecule has 3 aliphatic rings. The molecule has 31 heavy (non-hydrogen) atoms. The van der Waals surface area contributed by atoms with Crippen molar-refractivity contribution in [2.75, 3.05) is 11.4 Å². The van der Waals surface area contributed by atoms with Crippen LogP contribution in [0.25, 0.3) is 0 Å². The highest BCUT2D eigenvalue weighted by atomic mass is 19.4. The molecule has 9 heteroatoms. The number of aryl methyl sites for hydroxylation is 1. The fraction of sp³-hybridized carbons (Fsp3) is 0.682. The number of fused-ring (bicyclic) bond motifs is 3. The zero-order valence-electron chi connectivity index (χ0n) is 16.9. The Balaban J connectivity index is 1.63. The van der Waals surface area contributed by atoms with Crippen LogP contribution in [0.5, 0.6) is 0 Å². The van der Waals surface area contributed by atoms with Crippen molar-refractivity contribution in [1.29, 1.82) is 0 Å². The molecule has 0 saturated heterocycles. The molecular weight excluding hydrogens is 424 g/mol. The van der Waals surface area contributed by atoms with Crippen LogP contribution in [-0.2, 0) is 16.8 Å². The van der Waals surface area contributed by atoms with Gasteiger partial charge in [-0.1, -0.05) is 18.6 Å². The number of alkyl halides is 6. The highest BCUT2D eigenvalue weighted by Gasteiger charge is 2.71. The first-order chi connectivity index (χ1) is 14.4. The molecule has 3 atom stereocenters. The standard InChI is InChI=1S/C22H25F6NO2/c23-21(24,25)20(31,22(26,27)28)17-6-7-18-15(11-17)3-1-2-8-29(18)19(30)12-16-10-13-4-5-14(16)9-13/h6-7,11,13-14,16,31H,1-5,8-10,12H2/t13-,14?,16+/m0/s1. The van der Waals surface area contributed by atoms with Crippen LogP contribution in [0.4, 0.5) is 32.0 Å². The summed E-state index contributed by atoms with van der Waals surface area (Å²) in [6, 6.07) is 2.53. The van der Waals surface area contributed by atoms with E-state index in [0.717, 1.165) is 31.4 Å². The normalized spacial score (nSPS) is 26.7. The Morgan fingerprint density at radius 1 is 1.03 bits per heavy atom. The first-order valence-corrected chi connectivity index (χ1v) is 10.7. The summed E-state index contributed by atoms with van der Waals surface area (Å²) in [4.78, 5) is 14.6. The van der Waals surface area contributed by atoms with Gasteiger partial charge in [0.15, 0.2) is 0 Å². The molecule has 4 rings (SSSR count). The molecule has 1 aromatic rings. The topological polar surface area (TPSA) is 40.5 Å². The fourth-order valence-corrected chi connectivity index (χ4v) is 5.69. The van der Waals surface area contributed by atoms with Crippen molar-refractivity contribution in [3.05, 3.63) is 29.3 Å².